The van der Waals surface area contributed by atoms with E-state index in [1.54, 1.807) is 6.08 Å². The Bertz CT molecular complexity index is 589. The number of benzene rings is 2. The van der Waals surface area contributed by atoms with Crippen LogP contribution >= 0.6 is 0 Å². The molecular formula is C17H18N2O. The maximum Gasteiger partial charge on any atom is 0.187 e. The second-order valence-electron chi connectivity index (χ2n) is 4.66. The van der Waals surface area contributed by atoms with Crippen molar-refractivity contribution >= 4 is 11.5 Å². The van der Waals surface area contributed by atoms with E-state index >= 15 is 0 Å². The van der Waals surface area contributed by atoms with E-state index in [1.165, 1.54) is 0 Å². The normalized spacial score (nSPS) is 11.4. The highest BCUT2D eigenvalue weighted by atomic mass is 16.1. The number of hydrogen-bond acceptors (Lipinski definition) is 3. The van der Waals surface area contributed by atoms with Crippen molar-refractivity contribution in [2.24, 2.45) is 0 Å². The number of hydrogen-bond donors (Lipinski definition) is 1. The molecule has 0 saturated heterocycles. The summed E-state index contributed by atoms with van der Waals surface area (Å²) in [6.45, 7) is 0. The zero-order valence-electron chi connectivity index (χ0n) is 11.7. The van der Waals surface area contributed by atoms with Crippen molar-refractivity contribution in [1.82, 2.24) is 10.4 Å². The van der Waals surface area contributed by atoms with Gasteiger partial charge >= 0.3 is 0 Å². The van der Waals surface area contributed by atoms with Gasteiger partial charge < -0.3 is 5.43 Å². The SMILES string of the molecule is CN(C)NC(=CC(=O)c1ccccc1)c1ccccc1. The molecule has 0 atom stereocenters. The van der Waals surface area contributed by atoms with E-state index in [0.717, 1.165) is 11.3 Å². The molecule has 0 aromatic heterocycles. The third-order valence-electron chi connectivity index (χ3n) is 2.76. The highest BCUT2D eigenvalue weighted by molar-refractivity contribution is 6.08. The lowest BCUT2D eigenvalue weighted by Gasteiger charge is -2.17. The first-order valence-electron chi connectivity index (χ1n) is 6.47. The van der Waals surface area contributed by atoms with Gasteiger partial charge in [0, 0.05) is 25.7 Å². The third-order valence-corrected chi connectivity index (χ3v) is 2.76. The molecule has 2 aromatic rings. The first-order chi connectivity index (χ1) is 9.66. The lowest BCUT2D eigenvalue weighted by Crippen LogP contribution is -2.29. The van der Waals surface area contributed by atoms with Gasteiger partial charge in [0.2, 0.25) is 0 Å². The highest BCUT2D eigenvalue weighted by Crippen LogP contribution is 2.13. The predicted octanol–water partition coefficient (Wildman–Crippen LogP) is 2.98. The maximum atomic E-state index is 12.3. The van der Waals surface area contributed by atoms with Crippen LogP contribution in [0.3, 0.4) is 0 Å². The van der Waals surface area contributed by atoms with E-state index in [-0.39, 0.29) is 5.78 Å². The molecular weight excluding hydrogens is 248 g/mol. The molecule has 0 amide bonds. The molecule has 0 unspecified atom stereocenters. The van der Waals surface area contributed by atoms with E-state index < -0.39 is 0 Å². The van der Waals surface area contributed by atoms with E-state index in [9.17, 15) is 4.79 Å². The summed E-state index contributed by atoms with van der Waals surface area (Å²) in [6.07, 6.45) is 1.63. The number of allylic oxidation sites excluding steroid dienone is 1. The van der Waals surface area contributed by atoms with E-state index in [4.69, 9.17) is 0 Å². The standard InChI is InChI=1S/C17H18N2O/c1-19(2)18-16(14-9-5-3-6-10-14)13-17(20)15-11-7-4-8-12-15/h3-13,18H,1-2H3. The minimum absolute atomic E-state index is 0.0150. The molecule has 2 rings (SSSR count). The van der Waals surface area contributed by atoms with Crippen molar-refractivity contribution < 1.29 is 4.79 Å². The molecule has 0 spiro atoms. The summed E-state index contributed by atoms with van der Waals surface area (Å²) in [7, 11) is 3.79. The molecule has 3 nitrogen and oxygen atoms in total. The largest absolute Gasteiger partial charge is 0.319 e. The number of nitrogens with zero attached hydrogens (tertiary/aromatic N) is 1. The van der Waals surface area contributed by atoms with Crippen LogP contribution in [0.4, 0.5) is 0 Å². The van der Waals surface area contributed by atoms with Crippen molar-refractivity contribution in [2.45, 2.75) is 0 Å². The average Bonchev–Trinajstić information content (AvgIpc) is 2.48. The molecule has 0 aliphatic carbocycles. The van der Waals surface area contributed by atoms with Crippen LogP contribution < -0.4 is 5.43 Å². The monoisotopic (exact) mass is 266 g/mol. The lowest BCUT2D eigenvalue weighted by atomic mass is 10.1. The van der Waals surface area contributed by atoms with Crippen molar-refractivity contribution in [3.8, 4) is 0 Å². The molecule has 1 N–H and O–H groups in total. The van der Waals surface area contributed by atoms with E-state index in [2.05, 4.69) is 5.43 Å². The minimum atomic E-state index is -0.0150. The smallest absolute Gasteiger partial charge is 0.187 e. The minimum Gasteiger partial charge on any atom is -0.319 e. The molecule has 0 heterocycles. The Labute approximate surface area is 119 Å². The van der Waals surface area contributed by atoms with Gasteiger partial charge in [-0.05, 0) is 5.56 Å². The maximum absolute atomic E-state index is 12.3. The van der Waals surface area contributed by atoms with Crippen molar-refractivity contribution in [2.75, 3.05) is 14.1 Å². The summed E-state index contributed by atoms with van der Waals surface area (Å²) in [6, 6.07) is 19.1. The van der Waals surface area contributed by atoms with Gasteiger partial charge in [-0.3, -0.25) is 4.79 Å². The van der Waals surface area contributed by atoms with Crippen molar-refractivity contribution in [3.63, 3.8) is 0 Å². The predicted molar refractivity (Wildman–Crippen MR) is 82.0 cm³/mol. The third kappa shape index (κ3) is 3.80. The second-order valence-corrected chi connectivity index (χ2v) is 4.66. The number of carbonyl (C=O) groups is 1. The Balaban J connectivity index is 2.32. The molecule has 0 radical (unpaired) electrons. The Hall–Kier alpha value is -2.39. The van der Waals surface area contributed by atoms with Crippen molar-refractivity contribution in [3.05, 3.63) is 77.9 Å². The van der Waals surface area contributed by atoms with Crippen LogP contribution in [0.25, 0.3) is 5.70 Å². The molecule has 20 heavy (non-hydrogen) atoms. The zero-order valence-corrected chi connectivity index (χ0v) is 11.7. The average molecular weight is 266 g/mol. The van der Waals surface area contributed by atoms with Crippen LogP contribution in [0.15, 0.2) is 66.7 Å². The Morgan fingerprint density at radius 1 is 0.900 bits per heavy atom. The lowest BCUT2D eigenvalue weighted by molar-refractivity contribution is 0.104. The number of hydrazine groups is 1. The summed E-state index contributed by atoms with van der Waals surface area (Å²) in [4.78, 5) is 12.3. The molecule has 0 aliphatic heterocycles. The van der Waals surface area contributed by atoms with Gasteiger partial charge in [-0.1, -0.05) is 60.7 Å². The van der Waals surface area contributed by atoms with Gasteiger partial charge in [0.05, 0.1) is 5.70 Å². The molecule has 3 heteroatoms. The fourth-order valence-electron chi connectivity index (χ4n) is 1.86. The van der Waals surface area contributed by atoms with Crippen LogP contribution in [0.2, 0.25) is 0 Å². The number of rotatable bonds is 5. The number of ketones is 1. The summed E-state index contributed by atoms with van der Waals surface area (Å²) < 4.78 is 0. The Morgan fingerprint density at radius 2 is 1.40 bits per heavy atom. The van der Waals surface area contributed by atoms with Crippen molar-refractivity contribution in [1.29, 1.82) is 0 Å². The number of carbonyl (C=O) groups excluding carboxylic acids is 1. The zero-order chi connectivity index (χ0) is 14.4. The van der Waals surface area contributed by atoms with Gasteiger partial charge in [-0.2, -0.15) is 0 Å². The van der Waals surface area contributed by atoms with Crippen LogP contribution in [0.5, 0.6) is 0 Å². The quantitative estimate of drug-likeness (QED) is 0.513. The van der Waals surface area contributed by atoms with Crippen LogP contribution in [0, 0.1) is 0 Å². The number of nitrogens with one attached hydrogen (secondary N) is 1. The van der Waals surface area contributed by atoms with Gasteiger partial charge in [0.1, 0.15) is 0 Å². The summed E-state index contributed by atoms with van der Waals surface area (Å²) in [5.41, 5.74) is 5.61. The molecule has 0 fully saturated rings. The van der Waals surface area contributed by atoms with Crippen LogP contribution in [-0.4, -0.2) is 24.9 Å². The molecule has 0 bridgehead atoms. The fourth-order valence-corrected chi connectivity index (χ4v) is 1.86. The summed E-state index contributed by atoms with van der Waals surface area (Å²) >= 11 is 0. The Morgan fingerprint density at radius 3 is 1.90 bits per heavy atom. The van der Waals surface area contributed by atoms with Crippen LogP contribution in [0.1, 0.15) is 15.9 Å². The first-order valence-corrected chi connectivity index (χ1v) is 6.47. The van der Waals surface area contributed by atoms with Gasteiger partial charge in [0.15, 0.2) is 5.78 Å². The molecule has 0 aliphatic rings. The van der Waals surface area contributed by atoms with Gasteiger partial charge in [0.25, 0.3) is 0 Å². The second kappa shape index (κ2) is 6.68. The summed E-state index contributed by atoms with van der Waals surface area (Å²) in [5, 5.41) is 1.82. The molecule has 0 saturated carbocycles. The van der Waals surface area contributed by atoms with E-state index in [0.29, 0.717) is 5.56 Å². The first kappa shape index (κ1) is 14.0. The summed E-state index contributed by atoms with van der Waals surface area (Å²) in [5.74, 6) is -0.0150. The molecule has 2 aromatic carbocycles. The highest BCUT2D eigenvalue weighted by Gasteiger charge is 2.07. The fraction of sp³-hybridized carbons (Fsp3) is 0.118. The van der Waals surface area contributed by atoms with Crippen LogP contribution in [-0.2, 0) is 0 Å². The van der Waals surface area contributed by atoms with E-state index in [1.807, 2.05) is 79.8 Å². The van der Waals surface area contributed by atoms with Gasteiger partial charge in [-0.25, -0.2) is 5.01 Å². The Kier molecular flexibility index (Phi) is 4.69. The topological polar surface area (TPSA) is 32.3 Å². The van der Waals surface area contributed by atoms with Gasteiger partial charge in [-0.15, -0.1) is 0 Å². The molecule has 102 valence electrons.